The van der Waals surface area contributed by atoms with Gasteiger partial charge in [0.15, 0.2) is 4.34 Å². The summed E-state index contributed by atoms with van der Waals surface area (Å²) in [5.74, 6) is -0.799. The van der Waals surface area contributed by atoms with Crippen molar-refractivity contribution >= 4 is 34.2 Å². The fourth-order valence-electron chi connectivity index (χ4n) is 2.36. The van der Waals surface area contributed by atoms with Crippen LogP contribution in [0.4, 0.5) is 5.13 Å². The molecule has 2 N–H and O–H groups in total. The van der Waals surface area contributed by atoms with E-state index in [0.29, 0.717) is 10.4 Å². The zero-order valence-corrected chi connectivity index (χ0v) is 12.8. The van der Waals surface area contributed by atoms with Gasteiger partial charge in [-0.1, -0.05) is 49.8 Å². The third-order valence-electron chi connectivity index (χ3n) is 3.53. The van der Waals surface area contributed by atoms with E-state index in [0.717, 1.165) is 11.6 Å². The monoisotopic (exact) mass is 301 g/mol. The molecule has 5 nitrogen and oxygen atoms in total. The molecule has 0 saturated heterocycles. The minimum absolute atomic E-state index is 0.0313. The lowest BCUT2D eigenvalue weighted by Crippen LogP contribution is -2.38. The first-order chi connectivity index (χ1) is 8.97. The number of thioether (sulfide) groups is 1. The Morgan fingerprint density at radius 2 is 2.32 bits per heavy atom. The maximum atomic E-state index is 10.5. The molecule has 1 aliphatic carbocycles. The number of carboxylic acids is 1. The third kappa shape index (κ3) is 4.07. The molecule has 1 saturated carbocycles. The van der Waals surface area contributed by atoms with E-state index < -0.39 is 5.97 Å². The summed E-state index contributed by atoms with van der Waals surface area (Å²) < 4.78 is 0.707. The Morgan fingerprint density at radius 1 is 1.53 bits per heavy atom. The zero-order chi connectivity index (χ0) is 13.9. The largest absolute Gasteiger partial charge is 0.481 e. The van der Waals surface area contributed by atoms with Crippen LogP contribution in [0.25, 0.3) is 0 Å². The second kappa shape index (κ2) is 6.09. The van der Waals surface area contributed by atoms with Gasteiger partial charge in [-0.25, -0.2) is 0 Å². The Balaban J connectivity index is 1.93. The standard InChI is InChI=1S/C12H19N3O2S2/c1-12(2)6-4-3-5-8(12)13-10-14-15-11(19-10)18-7-9(16)17/h8H,3-7H2,1-2H3,(H,13,14)(H,16,17). The topological polar surface area (TPSA) is 75.1 Å². The van der Waals surface area contributed by atoms with Crippen molar-refractivity contribution in [1.29, 1.82) is 0 Å². The van der Waals surface area contributed by atoms with Gasteiger partial charge in [0.25, 0.3) is 0 Å². The molecule has 1 aromatic heterocycles. The maximum absolute atomic E-state index is 10.5. The van der Waals surface area contributed by atoms with E-state index in [1.54, 1.807) is 0 Å². The van der Waals surface area contributed by atoms with E-state index in [-0.39, 0.29) is 11.2 Å². The van der Waals surface area contributed by atoms with E-state index in [1.807, 2.05) is 0 Å². The maximum Gasteiger partial charge on any atom is 0.313 e. The second-order valence-electron chi connectivity index (χ2n) is 5.49. The smallest absolute Gasteiger partial charge is 0.313 e. The zero-order valence-electron chi connectivity index (χ0n) is 11.2. The van der Waals surface area contributed by atoms with Gasteiger partial charge < -0.3 is 10.4 Å². The summed E-state index contributed by atoms with van der Waals surface area (Å²) in [6.07, 6.45) is 4.93. The number of aromatic nitrogens is 2. The van der Waals surface area contributed by atoms with Gasteiger partial charge in [-0.15, -0.1) is 10.2 Å². The highest BCUT2D eigenvalue weighted by Crippen LogP contribution is 2.38. The number of hydrogen-bond donors (Lipinski definition) is 2. The molecular formula is C12H19N3O2S2. The van der Waals surface area contributed by atoms with Crippen LogP contribution in [0, 0.1) is 5.41 Å². The van der Waals surface area contributed by atoms with Gasteiger partial charge in [-0.05, 0) is 18.3 Å². The van der Waals surface area contributed by atoms with Crippen molar-refractivity contribution in [3.8, 4) is 0 Å². The van der Waals surface area contributed by atoms with E-state index in [4.69, 9.17) is 5.11 Å². The average molecular weight is 301 g/mol. The molecule has 1 aromatic rings. The van der Waals surface area contributed by atoms with E-state index in [9.17, 15) is 4.79 Å². The highest BCUT2D eigenvalue weighted by Gasteiger charge is 2.32. The number of anilines is 1. The summed E-state index contributed by atoms with van der Waals surface area (Å²) in [5, 5.41) is 21.0. The molecule has 1 fully saturated rings. The number of carbonyl (C=O) groups is 1. The summed E-state index contributed by atoms with van der Waals surface area (Å²) in [4.78, 5) is 10.5. The van der Waals surface area contributed by atoms with Crippen LogP contribution in [0.1, 0.15) is 39.5 Å². The molecule has 0 amide bonds. The van der Waals surface area contributed by atoms with Crippen molar-refractivity contribution < 1.29 is 9.90 Å². The third-order valence-corrected chi connectivity index (χ3v) is 5.50. The minimum Gasteiger partial charge on any atom is -0.481 e. The van der Waals surface area contributed by atoms with E-state index >= 15 is 0 Å². The highest BCUT2D eigenvalue weighted by molar-refractivity contribution is 8.01. The first-order valence-electron chi connectivity index (χ1n) is 6.42. The van der Waals surface area contributed by atoms with Crippen LogP contribution < -0.4 is 5.32 Å². The summed E-state index contributed by atoms with van der Waals surface area (Å²) >= 11 is 2.65. The first kappa shape index (κ1) is 14.6. The van der Waals surface area contributed by atoms with Crippen molar-refractivity contribution in [2.75, 3.05) is 11.1 Å². The van der Waals surface area contributed by atoms with Crippen LogP contribution in [-0.2, 0) is 4.79 Å². The fraction of sp³-hybridized carbons (Fsp3) is 0.750. The quantitative estimate of drug-likeness (QED) is 0.814. The lowest BCUT2D eigenvalue weighted by atomic mass is 9.73. The first-order valence-corrected chi connectivity index (χ1v) is 8.22. The number of nitrogens with zero attached hydrogens (tertiary/aromatic N) is 2. The Morgan fingerprint density at radius 3 is 3.00 bits per heavy atom. The van der Waals surface area contributed by atoms with Crippen molar-refractivity contribution in [1.82, 2.24) is 10.2 Å². The summed E-state index contributed by atoms with van der Waals surface area (Å²) in [5.41, 5.74) is 0.276. The SMILES string of the molecule is CC1(C)CCCCC1Nc1nnc(SCC(=O)O)s1. The van der Waals surface area contributed by atoms with Crippen LogP contribution in [0.3, 0.4) is 0 Å². The van der Waals surface area contributed by atoms with Gasteiger partial charge in [0, 0.05) is 6.04 Å². The fourth-order valence-corrected chi connectivity index (χ4v) is 3.89. The van der Waals surface area contributed by atoms with Crippen LogP contribution in [-0.4, -0.2) is 33.1 Å². The molecule has 1 heterocycles. The second-order valence-corrected chi connectivity index (χ2v) is 7.69. The van der Waals surface area contributed by atoms with Crippen LogP contribution in [0.2, 0.25) is 0 Å². The van der Waals surface area contributed by atoms with Crippen molar-refractivity contribution in [2.24, 2.45) is 5.41 Å². The molecular weight excluding hydrogens is 282 g/mol. The van der Waals surface area contributed by atoms with Crippen molar-refractivity contribution in [2.45, 2.75) is 49.9 Å². The predicted octanol–water partition coefficient (Wildman–Crippen LogP) is 3.10. The molecule has 0 radical (unpaired) electrons. The Labute approximate surface area is 121 Å². The van der Waals surface area contributed by atoms with Crippen molar-refractivity contribution in [3.05, 3.63) is 0 Å². The Bertz CT molecular complexity index is 448. The van der Waals surface area contributed by atoms with Gasteiger partial charge in [-0.3, -0.25) is 4.79 Å². The predicted molar refractivity (Wildman–Crippen MR) is 77.9 cm³/mol. The molecule has 0 spiro atoms. The Hall–Kier alpha value is -0.820. The molecule has 0 aliphatic heterocycles. The molecule has 0 aromatic carbocycles. The van der Waals surface area contributed by atoms with Gasteiger partial charge in [-0.2, -0.15) is 0 Å². The van der Waals surface area contributed by atoms with Gasteiger partial charge in [0.05, 0.1) is 5.75 Å². The number of hydrogen-bond acceptors (Lipinski definition) is 6. The van der Waals surface area contributed by atoms with Crippen LogP contribution in [0.15, 0.2) is 4.34 Å². The number of aliphatic carboxylic acids is 1. The van der Waals surface area contributed by atoms with Gasteiger partial charge in [0.2, 0.25) is 5.13 Å². The summed E-state index contributed by atoms with van der Waals surface area (Å²) in [6.45, 7) is 4.57. The highest BCUT2D eigenvalue weighted by atomic mass is 32.2. The molecule has 7 heteroatoms. The van der Waals surface area contributed by atoms with Crippen LogP contribution >= 0.6 is 23.1 Å². The van der Waals surface area contributed by atoms with E-state index in [1.165, 1.54) is 42.4 Å². The molecule has 19 heavy (non-hydrogen) atoms. The lowest BCUT2D eigenvalue weighted by Gasteiger charge is -2.38. The normalized spacial score (nSPS) is 22.1. The summed E-state index contributed by atoms with van der Waals surface area (Å²) in [7, 11) is 0. The molecule has 106 valence electrons. The summed E-state index contributed by atoms with van der Waals surface area (Å²) in [6, 6.07) is 0.423. The van der Waals surface area contributed by atoms with Gasteiger partial charge >= 0.3 is 5.97 Å². The lowest BCUT2D eigenvalue weighted by molar-refractivity contribution is -0.133. The Kier molecular flexibility index (Phi) is 4.67. The number of rotatable bonds is 5. The van der Waals surface area contributed by atoms with Gasteiger partial charge in [0.1, 0.15) is 0 Å². The molecule has 1 unspecified atom stereocenters. The number of carboxylic acid groups (broad SMARTS) is 1. The molecule has 2 rings (SSSR count). The van der Waals surface area contributed by atoms with E-state index in [2.05, 4.69) is 29.4 Å². The molecule has 0 bridgehead atoms. The minimum atomic E-state index is -0.830. The van der Waals surface area contributed by atoms with Crippen molar-refractivity contribution in [3.63, 3.8) is 0 Å². The average Bonchev–Trinajstić information content (AvgIpc) is 2.77. The number of nitrogens with one attached hydrogen (secondary N) is 1. The van der Waals surface area contributed by atoms with Crippen LogP contribution in [0.5, 0.6) is 0 Å². The molecule has 1 atom stereocenters. The molecule has 1 aliphatic rings.